The standard InChI is InChI=1S/C21H26N2O4/c1-4-17(23-14-16-6-8-19(27-3)12-21(16)25)9-10-22-13-15-5-7-18(26-2)11-20(15)24/h5-8,11-14,17,24-25H,4,9-10H2,1-3H3. The first-order valence-corrected chi connectivity index (χ1v) is 8.84. The lowest BCUT2D eigenvalue weighted by atomic mass is 10.1. The summed E-state index contributed by atoms with van der Waals surface area (Å²) in [6, 6.07) is 10.3. The summed E-state index contributed by atoms with van der Waals surface area (Å²) in [5.74, 6) is 1.48. The first-order valence-electron chi connectivity index (χ1n) is 8.84. The van der Waals surface area contributed by atoms with E-state index in [4.69, 9.17) is 9.47 Å². The van der Waals surface area contributed by atoms with Gasteiger partial charge in [-0.15, -0.1) is 0 Å². The fraction of sp³-hybridized carbons (Fsp3) is 0.333. The highest BCUT2D eigenvalue weighted by Gasteiger charge is 2.05. The molecule has 0 amide bonds. The molecule has 0 bridgehead atoms. The SMILES string of the molecule is CCC(CCN=Cc1ccc(OC)cc1O)N=Cc1ccc(OC)cc1O. The normalized spacial score (nSPS) is 12.6. The van der Waals surface area contributed by atoms with E-state index in [1.165, 1.54) is 0 Å². The van der Waals surface area contributed by atoms with E-state index in [2.05, 4.69) is 16.9 Å². The van der Waals surface area contributed by atoms with Crippen LogP contribution < -0.4 is 9.47 Å². The molecule has 0 heterocycles. The molecule has 2 rings (SSSR count). The van der Waals surface area contributed by atoms with Crippen LogP contribution in [0.15, 0.2) is 46.4 Å². The summed E-state index contributed by atoms with van der Waals surface area (Å²) in [4.78, 5) is 8.92. The molecule has 2 aromatic rings. The molecule has 27 heavy (non-hydrogen) atoms. The van der Waals surface area contributed by atoms with Crippen LogP contribution in [0.5, 0.6) is 23.0 Å². The van der Waals surface area contributed by atoms with Gasteiger partial charge in [0.05, 0.1) is 20.3 Å². The van der Waals surface area contributed by atoms with E-state index in [1.807, 2.05) is 0 Å². The van der Waals surface area contributed by atoms with Gasteiger partial charge in [0.15, 0.2) is 0 Å². The Morgan fingerprint density at radius 2 is 1.48 bits per heavy atom. The number of rotatable bonds is 9. The summed E-state index contributed by atoms with van der Waals surface area (Å²) in [6.45, 7) is 2.66. The third kappa shape index (κ3) is 6.02. The fourth-order valence-corrected chi connectivity index (χ4v) is 2.48. The number of aromatic hydroxyl groups is 2. The largest absolute Gasteiger partial charge is 0.507 e. The van der Waals surface area contributed by atoms with Gasteiger partial charge < -0.3 is 19.7 Å². The minimum absolute atomic E-state index is 0.105. The lowest BCUT2D eigenvalue weighted by Gasteiger charge is -2.08. The molecular weight excluding hydrogens is 344 g/mol. The van der Waals surface area contributed by atoms with Gasteiger partial charge in [-0.3, -0.25) is 9.98 Å². The summed E-state index contributed by atoms with van der Waals surface area (Å²) in [5, 5.41) is 19.9. The Bertz CT molecular complexity index is 803. The van der Waals surface area contributed by atoms with Gasteiger partial charge in [0.2, 0.25) is 0 Å². The van der Waals surface area contributed by atoms with Crippen molar-refractivity contribution in [2.24, 2.45) is 9.98 Å². The van der Waals surface area contributed by atoms with E-state index >= 15 is 0 Å². The summed E-state index contributed by atoms with van der Waals surface area (Å²) < 4.78 is 10.1. The highest BCUT2D eigenvalue weighted by atomic mass is 16.5. The van der Waals surface area contributed by atoms with Gasteiger partial charge in [-0.05, 0) is 37.1 Å². The van der Waals surface area contributed by atoms with Crippen LogP contribution in [0, 0.1) is 0 Å². The van der Waals surface area contributed by atoms with E-state index in [0.29, 0.717) is 29.2 Å². The molecule has 0 saturated heterocycles. The van der Waals surface area contributed by atoms with Crippen molar-refractivity contribution < 1.29 is 19.7 Å². The van der Waals surface area contributed by atoms with Crippen LogP contribution in [0.1, 0.15) is 30.9 Å². The van der Waals surface area contributed by atoms with Crippen molar-refractivity contribution in [2.75, 3.05) is 20.8 Å². The van der Waals surface area contributed by atoms with Gasteiger partial charge in [-0.25, -0.2) is 0 Å². The van der Waals surface area contributed by atoms with E-state index in [1.54, 1.807) is 63.0 Å². The van der Waals surface area contributed by atoms with Crippen LogP contribution >= 0.6 is 0 Å². The number of benzene rings is 2. The van der Waals surface area contributed by atoms with Crippen molar-refractivity contribution in [3.63, 3.8) is 0 Å². The number of phenols is 2. The Morgan fingerprint density at radius 3 is 1.96 bits per heavy atom. The van der Waals surface area contributed by atoms with Gasteiger partial charge >= 0.3 is 0 Å². The number of phenolic OH excluding ortho intramolecular Hbond substituents is 2. The van der Waals surface area contributed by atoms with Gasteiger partial charge in [-0.2, -0.15) is 0 Å². The number of nitrogens with zero attached hydrogens (tertiary/aromatic N) is 2. The molecule has 0 aliphatic heterocycles. The van der Waals surface area contributed by atoms with Crippen LogP contribution in [-0.2, 0) is 0 Å². The third-order valence-corrected chi connectivity index (χ3v) is 4.19. The molecule has 0 aliphatic rings. The highest BCUT2D eigenvalue weighted by molar-refractivity contribution is 5.84. The Labute approximate surface area is 159 Å². The summed E-state index contributed by atoms with van der Waals surface area (Å²) in [7, 11) is 3.11. The maximum absolute atomic E-state index is 9.98. The van der Waals surface area contributed by atoms with E-state index in [9.17, 15) is 10.2 Å². The Kier molecular flexibility index (Phi) is 7.67. The second-order valence-corrected chi connectivity index (χ2v) is 6.01. The second kappa shape index (κ2) is 10.2. The molecule has 6 heteroatoms. The first kappa shape index (κ1) is 20.3. The molecular formula is C21H26N2O4. The molecule has 2 N–H and O–H groups in total. The zero-order chi connectivity index (χ0) is 19.6. The van der Waals surface area contributed by atoms with Crippen molar-refractivity contribution in [2.45, 2.75) is 25.8 Å². The molecule has 0 fully saturated rings. The maximum Gasteiger partial charge on any atom is 0.128 e. The molecule has 2 aromatic carbocycles. The van der Waals surface area contributed by atoms with Crippen molar-refractivity contribution in [3.8, 4) is 23.0 Å². The van der Waals surface area contributed by atoms with Gasteiger partial charge in [0.1, 0.15) is 23.0 Å². The molecule has 0 radical (unpaired) electrons. The molecule has 6 nitrogen and oxygen atoms in total. The molecule has 0 aromatic heterocycles. The molecule has 0 spiro atoms. The Morgan fingerprint density at radius 1 is 0.926 bits per heavy atom. The summed E-state index contributed by atoms with van der Waals surface area (Å²) in [5.41, 5.74) is 1.30. The Balaban J connectivity index is 1.91. The van der Waals surface area contributed by atoms with E-state index in [0.717, 1.165) is 12.8 Å². The van der Waals surface area contributed by atoms with Crippen molar-refractivity contribution in [1.82, 2.24) is 0 Å². The van der Waals surface area contributed by atoms with Crippen molar-refractivity contribution in [3.05, 3.63) is 47.5 Å². The average molecular weight is 370 g/mol. The predicted molar refractivity (Wildman–Crippen MR) is 108 cm³/mol. The smallest absolute Gasteiger partial charge is 0.128 e. The first-order chi connectivity index (χ1) is 13.1. The van der Waals surface area contributed by atoms with Gasteiger partial charge in [0.25, 0.3) is 0 Å². The maximum atomic E-state index is 9.98. The molecule has 0 saturated carbocycles. The van der Waals surface area contributed by atoms with Gasteiger partial charge in [0, 0.05) is 42.2 Å². The minimum atomic E-state index is 0.105. The summed E-state index contributed by atoms with van der Waals surface area (Å²) >= 11 is 0. The highest BCUT2D eigenvalue weighted by Crippen LogP contribution is 2.23. The lowest BCUT2D eigenvalue weighted by Crippen LogP contribution is -2.05. The van der Waals surface area contributed by atoms with E-state index in [-0.39, 0.29) is 17.5 Å². The molecule has 144 valence electrons. The van der Waals surface area contributed by atoms with Gasteiger partial charge in [-0.1, -0.05) is 6.92 Å². The zero-order valence-electron chi connectivity index (χ0n) is 15.9. The number of ether oxygens (including phenoxy) is 2. The Hall–Kier alpha value is -3.02. The van der Waals surface area contributed by atoms with Crippen LogP contribution in [-0.4, -0.2) is 49.4 Å². The molecule has 0 aliphatic carbocycles. The number of aliphatic imine (C=N–C) groups is 2. The van der Waals surface area contributed by atoms with Crippen molar-refractivity contribution in [1.29, 1.82) is 0 Å². The number of hydrogen-bond donors (Lipinski definition) is 2. The number of methoxy groups -OCH3 is 2. The van der Waals surface area contributed by atoms with Crippen LogP contribution in [0.4, 0.5) is 0 Å². The van der Waals surface area contributed by atoms with Crippen LogP contribution in [0.25, 0.3) is 0 Å². The predicted octanol–water partition coefficient (Wildman–Crippen LogP) is 3.82. The number of hydrogen-bond acceptors (Lipinski definition) is 6. The van der Waals surface area contributed by atoms with E-state index < -0.39 is 0 Å². The quantitative estimate of drug-likeness (QED) is 0.657. The van der Waals surface area contributed by atoms with Crippen LogP contribution in [0.3, 0.4) is 0 Å². The third-order valence-electron chi connectivity index (χ3n) is 4.19. The molecule has 1 unspecified atom stereocenters. The monoisotopic (exact) mass is 370 g/mol. The fourth-order valence-electron chi connectivity index (χ4n) is 2.48. The topological polar surface area (TPSA) is 83.6 Å². The second-order valence-electron chi connectivity index (χ2n) is 6.01. The lowest BCUT2D eigenvalue weighted by molar-refractivity contribution is 0.407. The average Bonchev–Trinajstić information content (AvgIpc) is 2.69. The summed E-state index contributed by atoms with van der Waals surface area (Å²) in [6.07, 6.45) is 4.98. The zero-order valence-corrected chi connectivity index (χ0v) is 15.9. The van der Waals surface area contributed by atoms with Crippen molar-refractivity contribution >= 4 is 12.4 Å². The molecule has 1 atom stereocenters. The minimum Gasteiger partial charge on any atom is -0.507 e. The van der Waals surface area contributed by atoms with Crippen LogP contribution in [0.2, 0.25) is 0 Å².